The molecule has 0 bridgehead atoms. The van der Waals surface area contributed by atoms with Gasteiger partial charge in [-0.2, -0.15) is 0 Å². The van der Waals surface area contributed by atoms with Crippen molar-refractivity contribution in [3.63, 3.8) is 0 Å². The van der Waals surface area contributed by atoms with Crippen molar-refractivity contribution in [2.24, 2.45) is 5.92 Å². The highest BCUT2D eigenvalue weighted by Gasteiger charge is 2.27. The van der Waals surface area contributed by atoms with E-state index in [1.165, 1.54) is 11.3 Å². The van der Waals surface area contributed by atoms with Crippen LogP contribution in [0.3, 0.4) is 0 Å². The molecule has 7 heteroatoms. The molecule has 22 heavy (non-hydrogen) atoms. The largest absolute Gasteiger partial charge is 0.466 e. The molecule has 3 rings (SSSR count). The van der Waals surface area contributed by atoms with Gasteiger partial charge in [0, 0.05) is 30.7 Å². The van der Waals surface area contributed by atoms with E-state index in [-0.39, 0.29) is 17.4 Å². The summed E-state index contributed by atoms with van der Waals surface area (Å²) < 4.78 is 6.66. The van der Waals surface area contributed by atoms with Crippen LogP contribution in [0.2, 0.25) is 0 Å². The van der Waals surface area contributed by atoms with Crippen molar-refractivity contribution in [2.45, 2.75) is 26.3 Å². The minimum Gasteiger partial charge on any atom is -0.466 e. The second kappa shape index (κ2) is 6.58. The molecule has 1 aliphatic rings. The van der Waals surface area contributed by atoms with Gasteiger partial charge in [-0.25, -0.2) is 4.98 Å². The smallest absolute Gasteiger partial charge is 0.310 e. The molecule has 0 saturated carbocycles. The Kier molecular flexibility index (Phi) is 4.54. The molecule has 2 aromatic heterocycles. The normalized spacial score (nSPS) is 19.4. The average molecular weight is 321 g/mol. The highest BCUT2D eigenvalue weighted by Crippen LogP contribution is 2.19. The molecule has 0 aromatic carbocycles. The van der Waals surface area contributed by atoms with E-state index in [1.54, 1.807) is 16.7 Å². The number of hydrogen-bond donors (Lipinski definition) is 0. The number of carbonyl (C=O) groups excluding carboxylic acids is 1. The molecule has 1 atom stereocenters. The van der Waals surface area contributed by atoms with Crippen molar-refractivity contribution in [3.05, 3.63) is 33.7 Å². The van der Waals surface area contributed by atoms with Crippen LogP contribution in [0.25, 0.3) is 4.96 Å². The van der Waals surface area contributed by atoms with Crippen LogP contribution in [0.1, 0.15) is 25.5 Å². The van der Waals surface area contributed by atoms with Crippen molar-refractivity contribution in [3.8, 4) is 0 Å². The number of hydrogen-bond acceptors (Lipinski definition) is 6. The third-order valence-corrected chi connectivity index (χ3v) is 4.62. The predicted molar refractivity (Wildman–Crippen MR) is 84.0 cm³/mol. The molecular weight excluding hydrogens is 302 g/mol. The molecule has 0 amide bonds. The van der Waals surface area contributed by atoms with E-state index in [1.807, 2.05) is 12.3 Å². The van der Waals surface area contributed by atoms with Crippen LogP contribution in [0, 0.1) is 5.92 Å². The summed E-state index contributed by atoms with van der Waals surface area (Å²) in [4.78, 5) is 31.3. The lowest BCUT2D eigenvalue weighted by Crippen LogP contribution is -2.39. The third-order valence-electron chi connectivity index (χ3n) is 3.87. The summed E-state index contributed by atoms with van der Waals surface area (Å²) in [5.41, 5.74) is 0.706. The lowest BCUT2D eigenvalue weighted by molar-refractivity contribution is -0.150. The van der Waals surface area contributed by atoms with Gasteiger partial charge in [0.25, 0.3) is 5.56 Å². The summed E-state index contributed by atoms with van der Waals surface area (Å²) in [6.07, 6.45) is 3.57. The monoisotopic (exact) mass is 321 g/mol. The number of thiazole rings is 1. The summed E-state index contributed by atoms with van der Waals surface area (Å²) in [6, 6.07) is 1.58. The molecule has 0 radical (unpaired) electrons. The number of nitrogens with zero attached hydrogens (tertiary/aromatic N) is 3. The van der Waals surface area contributed by atoms with E-state index in [0.29, 0.717) is 24.7 Å². The van der Waals surface area contributed by atoms with Gasteiger partial charge in [0.2, 0.25) is 0 Å². The van der Waals surface area contributed by atoms with Crippen molar-refractivity contribution in [2.75, 3.05) is 19.7 Å². The van der Waals surface area contributed by atoms with E-state index in [4.69, 9.17) is 4.74 Å². The lowest BCUT2D eigenvalue weighted by Gasteiger charge is -2.31. The third kappa shape index (κ3) is 3.20. The van der Waals surface area contributed by atoms with Gasteiger partial charge < -0.3 is 4.74 Å². The van der Waals surface area contributed by atoms with Crippen LogP contribution >= 0.6 is 11.3 Å². The van der Waals surface area contributed by atoms with Crippen LogP contribution in [0.4, 0.5) is 0 Å². The molecular formula is C15H19N3O3S. The number of piperidine rings is 1. The number of ether oxygens (including phenoxy) is 1. The number of carbonyl (C=O) groups is 1. The first-order valence-corrected chi connectivity index (χ1v) is 8.40. The maximum Gasteiger partial charge on any atom is 0.310 e. The zero-order valence-corrected chi connectivity index (χ0v) is 13.3. The van der Waals surface area contributed by atoms with E-state index >= 15 is 0 Å². The van der Waals surface area contributed by atoms with E-state index in [0.717, 1.165) is 25.1 Å². The van der Waals surface area contributed by atoms with Gasteiger partial charge in [0.05, 0.1) is 18.2 Å². The highest BCUT2D eigenvalue weighted by atomic mass is 32.1. The molecule has 0 N–H and O–H groups in total. The molecule has 0 spiro atoms. The molecule has 1 aliphatic heterocycles. The standard InChI is InChI=1S/C15H19N3O3S/c1-2-21-14(20)11-4-3-5-17(9-11)10-12-8-13(19)18-6-7-22-15(18)16-12/h6-8,11H,2-5,9-10H2,1H3/t11-/m0/s1. The van der Waals surface area contributed by atoms with E-state index in [2.05, 4.69) is 9.88 Å². The maximum absolute atomic E-state index is 12.0. The number of fused-ring (bicyclic) bond motifs is 1. The predicted octanol–water partition coefficient (Wildman–Crippen LogP) is 1.53. The molecule has 1 saturated heterocycles. The Morgan fingerprint density at radius 2 is 2.41 bits per heavy atom. The Hall–Kier alpha value is -1.73. The molecule has 1 fully saturated rings. The SMILES string of the molecule is CCOC(=O)[C@H]1CCCN(Cc2cc(=O)n3ccsc3n2)C1. The Morgan fingerprint density at radius 3 is 3.23 bits per heavy atom. The van der Waals surface area contributed by atoms with Crippen molar-refractivity contribution in [1.82, 2.24) is 14.3 Å². The lowest BCUT2D eigenvalue weighted by atomic mass is 9.98. The Labute approximate surface area is 132 Å². The summed E-state index contributed by atoms with van der Waals surface area (Å²) in [5, 5.41) is 1.85. The fourth-order valence-electron chi connectivity index (χ4n) is 2.85. The zero-order valence-electron chi connectivity index (χ0n) is 12.5. The first-order valence-electron chi connectivity index (χ1n) is 7.52. The summed E-state index contributed by atoms with van der Waals surface area (Å²) in [5.74, 6) is -0.186. The number of esters is 1. The molecule has 118 valence electrons. The molecule has 2 aromatic rings. The molecule has 6 nitrogen and oxygen atoms in total. The maximum atomic E-state index is 12.0. The quantitative estimate of drug-likeness (QED) is 0.799. The van der Waals surface area contributed by atoms with Crippen molar-refractivity contribution >= 4 is 22.3 Å². The second-order valence-electron chi connectivity index (χ2n) is 5.47. The summed E-state index contributed by atoms with van der Waals surface area (Å²) >= 11 is 1.45. The fourth-order valence-corrected chi connectivity index (χ4v) is 3.59. The van der Waals surface area contributed by atoms with Gasteiger partial charge in [-0.15, -0.1) is 11.3 Å². The van der Waals surface area contributed by atoms with Gasteiger partial charge in [-0.05, 0) is 26.3 Å². The van der Waals surface area contributed by atoms with Crippen molar-refractivity contribution in [1.29, 1.82) is 0 Å². The Balaban J connectivity index is 1.71. The zero-order chi connectivity index (χ0) is 15.5. The van der Waals surface area contributed by atoms with Crippen LogP contribution < -0.4 is 5.56 Å². The van der Waals surface area contributed by atoms with Crippen LogP contribution in [0.15, 0.2) is 22.4 Å². The minimum absolute atomic E-state index is 0.0554. The van der Waals surface area contributed by atoms with Crippen LogP contribution in [-0.4, -0.2) is 40.0 Å². The van der Waals surface area contributed by atoms with E-state index in [9.17, 15) is 9.59 Å². The number of likely N-dealkylation sites (tertiary alicyclic amines) is 1. The van der Waals surface area contributed by atoms with Crippen LogP contribution in [-0.2, 0) is 16.1 Å². The average Bonchev–Trinajstić information content (AvgIpc) is 2.97. The topological polar surface area (TPSA) is 63.9 Å². The Bertz CT molecular complexity index is 724. The molecule has 0 aliphatic carbocycles. The van der Waals surface area contributed by atoms with E-state index < -0.39 is 0 Å². The molecule has 3 heterocycles. The highest BCUT2D eigenvalue weighted by molar-refractivity contribution is 7.15. The van der Waals surface area contributed by atoms with Gasteiger partial charge in [-0.3, -0.25) is 18.9 Å². The summed E-state index contributed by atoms with van der Waals surface area (Å²) in [7, 11) is 0. The van der Waals surface area contributed by atoms with Gasteiger partial charge >= 0.3 is 5.97 Å². The van der Waals surface area contributed by atoms with Gasteiger partial charge in [0.1, 0.15) is 0 Å². The Morgan fingerprint density at radius 1 is 1.55 bits per heavy atom. The van der Waals surface area contributed by atoms with Crippen molar-refractivity contribution < 1.29 is 9.53 Å². The minimum atomic E-state index is -0.117. The first kappa shape index (κ1) is 15.2. The second-order valence-corrected chi connectivity index (χ2v) is 6.34. The summed E-state index contributed by atoms with van der Waals surface area (Å²) in [6.45, 7) is 4.43. The number of aromatic nitrogens is 2. The first-order chi connectivity index (χ1) is 10.7. The van der Waals surface area contributed by atoms with Gasteiger partial charge in [0.15, 0.2) is 4.96 Å². The number of rotatable bonds is 4. The fraction of sp³-hybridized carbons (Fsp3) is 0.533. The van der Waals surface area contributed by atoms with Gasteiger partial charge in [-0.1, -0.05) is 0 Å². The van der Waals surface area contributed by atoms with Crippen LogP contribution in [0.5, 0.6) is 0 Å². The molecule has 0 unspecified atom stereocenters.